The number of halogens is 2. The first kappa shape index (κ1) is 16.0. The molecule has 23 heavy (non-hydrogen) atoms. The first-order chi connectivity index (χ1) is 11.0. The first-order valence-electron chi connectivity index (χ1n) is 7.45. The molecule has 3 nitrogen and oxygen atoms in total. The van der Waals surface area contributed by atoms with Crippen LogP contribution in [-0.2, 0) is 6.42 Å². The Balaban J connectivity index is 2.09. The Bertz CT molecular complexity index is 756. The van der Waals surface area contributed by atoms with Gasteiger partial charge in [0.05, 0.1) is 12.8 Å². The van der Waals surface area contributed by atoms with Crippen LogP contribution in [0.5, 0.6) is 5.75 Å². The Morgan fingerprint density at radius 1 is 1.30 bits per heavy atom. The van der Waals surface area contributed by atoms with Gasteiger partial charge in [-0.1, -0.05) is 22.0 Å². The number of aryl methyl sites for hydroxylation is 1. The lowest BCUT2D eigenvalue weighted by molar-refractivity contribution is 0.0984. The van der Waals surface area contributed by atoms with Gasteiger partial charge >= 0.3 is 0 Å². The maximum Gasteiger partial charge on any atom is 0.258 e. The summed E-state index contributed by atoms with van der Waals surface area (Å²) in [5.41, 5.74) is 3.40. The molecule has 1 amide bonds. The predicted octanol–water partition coefficient (Wildman–Crippen LogP) is 4.50. The quantitative estimate of drug-likeness (QED) is 0.770. The lowest BCUT2D eigenvalue weighted by atomic mass is 9.95. The van der Waals surface area contributed by atoms with Crippen molar-refractivity contribution in [3.05, 3.63) is 57.3 Å². The van der Waals surface area contributed by atoms with E-state index in [1.54, 1.807) is 18.1 Å². The van der Waals surface area contributed by atoms with E-state index in [9.17, 15) is 9.18 Å². The Morgan fingerprint density at radius 2 is 2.09 bits per heavy atom. The Morgan fingerprint density at radius 3 is 2.78 bits per heavy atom. The van der Waals surface area contributed by atoms with Crippen molar-refractivity contribution in [3.8, 4) is 5.75 Å². The molecule has 0 spiro atoms. The summed E-state index contributed by atoms with van der Waals surface area (Å²) >= 11 is 3.24. The number of carbonyl (C=O) groups is 1. The smallest absolute Gasteiger partial charge is 0.258 e. The van der Waals surface area contributed by atoms with Crippen molar-refractivity contribution in [3.63, 3.8) is 0 Å². The number of benzene rings is 2. The number of hydrogen-bond donors (Lipinski definition) is 0. The van der Waals surface area contributed by atoms with Gasteiger partial charge in [-0.2, -0.15) is 0 Å². The van der Waals surface area contributed by atoms with E-state index in [-0.39, 0.29) is 5.91 Å². The summed E-state index contributed by atoms with van der Waals surface area (Å²) in [5.74, 6) is 0.0281. The third-order valence-corrected chi connectivity index (χ3v) is 4.59. The lowest BCUT2D eigenvalue weighted by Gasteiger charge is -2.32. The maximum absolute atomic E-state index is 13.6. The number of fused-ring (bicyclic) bond motifs is 1. The molecule has 1 aliphatic rings. The molecule has 0 saturated heterocycles. The zero-order valence-electron chi connectivity index (χ0n) is 13.0. The molecule has 0 bridgehead atoms. The second-order valence-electron chi connectivity index (χ2n) is 5.63. The first-order valence-corrected chi connectivity index (χ1v) is 8.25. The number of carbonyl (C=O) groups excluding carboxylic acids is 1. The molecule has 2 aromatic carbocycles. The van der Waals surface area contributed by atoms with Crippen LogP contribution in [0.2, 0.25) is 0 Å². The van der Waals surface area contributed by atoms with Crippen molar-refractivity contribution in [2.24, 2.45) is 0 Å². The summed E-state index contributed by atoms with van der Waals surface area (Å²) in [4.78, 5) is 14.6. The molecule has 0 aliphatic carbocycles. The minimum absolute atomic E-state index is 0.213. The van der Waals surface area contributed by atoms with Gasteiger partial charge in [-0.3, -0.25) is 4.79 Å². The maximum atomic E-state index is 13.6. The zero-order valence-corrected chi connectivity index (χ0v) is 14.6. The van der Waals surface area contributed by atoms with Crippen LogP contribution in [0.1, 0.15) is 27.9 Å². The van der Waals surface area contributed by atoms with Crippen LogP contribution in [0.3, 0.4) is 0 Å². The molecule has 1 aliphatic heterocycles. The highest BCUT2D eigenvalue weighted by atomic mass is 79.9. The van der Waals surface area contributed by atoms with E-state index in [1.807, 2.05) is 19.1 Å². The van der Waals surface area contributed by atoms with Crippen molar-refractivity contribution in [1.82, 2.24) is 0 Å². The number of amides is 1. The molecule has 2 aromatic rings. The Labute approximate surface area is 143 Å². The van der Waals surface area contributed by atoms with Gasteiger partial charge in [-0.25, -0.2) is 4.39 Å². The van der Waals surface area contributed by atoms with E-state index in [0.717, 1.165) is 29.7 Å². The van der Waals surface area contributed by atoms with Crippen molar-refractivity contribution in [2.45, 2.75) is 19.8 Å². The molecule has 1 heterocycles. The van der Waals surface area contributed by atoms with Gasteiger partial charge in [0.15, 0.2) is 0 Å². The van der Waals surface area contributed by atoms with Gasteiger partial charge in [0, 0.05) is 16.6 Å². The molecule has 3 rings (SSSR count). The van der Waals surface area contributed by atoms with Crippen LogP contribution < -0.4 is 9.64 Å². The predicted molar refractivity (Wildman–Crippen MR) is 91.8 cm³/mol. The lowest BCUT2D eigenvalue weighted by Crippen LogP contribution is -2.36. The Hall–Kier alpha value is -1.88. The van der Waals surface area contributed by atoms with Gasteiger partial charge in [-0.05, 0) is 55.2 Å². The van der Waals surface area contributed by atoms with Crippen LogP contribution in [0, 0.1) is 12.7 Å². The molecule has 0 unspecified atom stereocenters. The summed E-state index contributed by atoms with van der Waals surface area (Å²) in [5, 5.41) is 0. The number of ether oxygens (including phenoxy) is 1. The largest absolute Gasteiger partial charge is 0.495 e. The third-order valence-electron chi connectivity index (χ3n) is 4.13. The summed E-state index contributed by atoms with van der Waals surface area (Å²) in [6, 6.07) is 8.13. The fourth-order valence-electron chi connectivity index (χ4n) is 3.05. The summed E-state index contributed by atoms with van der Waals surface area (Å²) in [6.45, 7) is 2.63. The topological polar surface area (TPSA) is 29.5 Å². The SMILES string of the molecule is COc1ccc(C)c2c1N(C(=O)c1cc(F)cc(Br)c1)CCC2. The second kappa shape index (κ2) is 6.32. The van der Waals surface area contributed by atoms with E-state index in [4.69, 9.17) is 4.74 Å². The average Bonchev–Trinajstić information content (AvgIpc) is 2.53. The van der Waals surface area contributed by atoms with Gasteiger partial charge < -0.3 is 9.64 Å². The number of nitrogens with zero attached hydrogens (tertiary/aromatic N) is 1. The van der Waals surface area contributed by atoms with E-state index in [2.05, 4.69) is 15.9 Å². The molecule has 0 N–H and O–H groups in total. The van der Waals surface area contributed by atoms with Crippen molar-refractivity contribution in [2.75, 3.05) is 18.6 Å². The molecule has 0 fully saturated rings. The highest BCUT2D eigenvalue weighted by molar-refractivity contribution is 9.10. The van der Waals surface area contributed by atoms with Gasteiger partial charge in [0.2, 0.25) is 0 Å². The molecule has 0 radical (unpaired) electrons. The fourth-order valence-corrected chi connectivity index (χ4v) is 3.52. The molecule has 5 heteroatoms. The van der Waals surface area contributed by atoms with Crippen molar-refractivity contribution in [1.29, 1.82) is 0 Å². The summed E-state index contributed by atoms with van der Waals surface area (Å²) < 4.78 is 19.6. The van der Waals surface area contributed by atoms with Crippen molar-refractivity contribution >= 4 is 27.5 Å². The Kier molecular flexibility index (Phi) is 4.39. The number of anilines is 1. The number of rotatable bonds is 2. The third kappa shape index (κ3) is 2.98. The molecule has 0 aromatic heterocycles. The fraction of sp³-hybridized carbons (Fsp3) is 0.278. The van der Waals surface area contributed by atoms with Gasteiger partial charge in [-0.15, -0.1) is 0 Å². The van der Waals surface area contributed by atoms with Crippen LogP contribution >= 0.6 is 15.9 Å². The minimum Gasteiger partial charge on any atom is -0.495 e. The minimum atomic E-state index is -0.434. The van der Waals surface area contributed by atoms with Crippen LogP contribution in [0.25, 0.3) is 0 Å². The molecule has 0 saturated carbocycles. The van der Waals surface area contributed by atoms with E-state index in [0.29, 0.717) is 22.3 Å². The molecule has 0 atom stereocenters. The summed E-state index contributed by atoms with van der Waals surface area (Å²) in [6.07, 6.45) is 1.79. The van der Waals surface area contributed by atoms with Crippen molar-refractivity contribution < 1.29 is 13.9 Å². The zero-order chi connectivity index (χ0) is 16.6. The molecular formula is C18H17BrFNO2. The van der Waals surface area contributed by atoms with Crippen LogP contribution in [-0.4, -0.2) is 19.6 Å². The van der Waals surface area contributed by atoms with Gasteiger partial charge in [0.1, 0.15) is 11.6 Å². The van der Waals surface area contributed by atoms with Crippen LogP contribution in [0.4, 0.5) is 10.1 Å². The number of hydrogen-bond acceptors (Lipinski definition) is 2. The summed E-state index contributed by atoms with van der Waals surface area (Å²) in [7, 11) is 1.60. The second-order valence-corrected chi connectivity index (χ2v) is 6.55. The monoisotopic (exact) mass is 377 g/mol. The van der Waals surface area contributed by atoms with E-state index < -0.39 is 5.82 Å². The molecule has 120 valence electrons. The molecular weight excluding hydrogens is 361 g/mol. The van der Waals surface area contributed by atoms with E-state index >= 15 is 0 Å². The van der Waals surface area contributed by atoms with E-state index in [1.165, 1.54) is 12.1 Å². The highest BCUT2D eigenvalue weighted by Crippen LogP contribution is 2.39. The van der Waals surface area contributed by atoms with Crippen LogP contribution in [0.15, 0.2) is 34.8 Å². The standard InChI is InChI=1S/C18H17BrFNO2/c1-11-5-6-16(23-2)17-15(11)4-3-7-21(17)18(22)12-8-13(19)10-14(20)9-12/h5-6,8-10H,3-4,7H2,1-2H3. The normalized spacial score (nSPS) is 13.7. The van der Waals surface area contributed by atoms with Gasteiger partial charge in [0.25, 0.3) is 5.91 Å². The highest BCUT2D eigenvalue weighted by Gasteiger charge is 2.28. The average molecular weight is 378 g/mol. The number of methoxy groups -OCH3 is 1.